The second-order valence-electron chi connectivity index (χ2n) is 5.83. The van der Waals surface area contributed by atoms with Crippen molar-refractivity contribution in [2.45, 2.75) is 41.0 Å². The third-order valence-corrected chi connectivity index (χ3v) is 4.35. The SMILES string of the molecule is CC(=O)c1c(C)[nH]c(-c2csc(NCCC(C)C)n2)c1C. The Balaban J connectivity index is 2.18. The number of aromatic amines is 1. The third kappa shape index (κ3) is 3.53. The molecule has 0 unspecified atom stereocenters. The zero-order valence-corrected chi connectivity index (χ0v) is 14.1. The Morgan fingerprint density at radius 3 is 2.71 bits per heavy atom. The second kappa shape index (κ2) is 6.43. The molecule has 0 aliphatic rings. The fraction of sp³-hybridized carbons (Fsp3) is 0.500. The molecule has 0 radical (unpaired) electrons. The topological polar surface area (TPSA) is 57.8 Å². The molecule has 0 aliphatic heterocycles. The molecule has 0 aliphatic carbocycles. The van der Waals surface area contributed by atoms with Gasteiger partial charge in [-0.2, -0.15) is 0 Å². The molecule has 2 aromatic rings. The number of hydrogen-bond donors (Lipinski definition) is 2. The van der Waals surface area contributed by atoms with E-state index in [0.29, 0.717) is 5.92 Å². The number of aromatic nitrogens is 2. The lowest BCUT2D eigenvalue weighted by atomic mass is 10.1. The van der Waals surface area contributed by atoms with E-state index in [4.69, 9.17) is 0 Å². The molecule has 0 aromatic carbocycles. The summed E-state index contributed by atoms with van der Waals surface area (Å²) >= 11 is 1.60. The highest BCUT2D eigenvalue weighted by atomic mass is 32.1. The zero-order valence-electron chi connectivity index (χ0n) is 13.3. The molecule has 0 saturated carbocycles. The zero-order chi connectivity index (χ0) is 15.6. The number of nitrogens with one attached hydrogen (secondary N) is 2. The number of nitrogens with zero attached hydrogens (tertiary/aromatic N) is 1. The minimum absolute atomic E-state index is 0.0954. The number of Topliss-reactive ketones (excluding diaryl/α,β-unsaturated/α-hetero) is 1. The van der Waals surface area contributed by atoms with Crippen LogP contribution in [0.3, 0.4) is 0 Å². The summed E-state index contributed by atoms with van der Waals surface area (Å²) in [5.41, 5.74) is 4.54. The van der Waals surface area contributed by atoms with E-state index in [2.05, 4.69) is 29.1 Å². The van der Waals surface area contributed by atoms with Gasteiger partial charge in [0.2, 0.25) is 0 Å². The molecule has 0 saturated heterocycles. The fourth-order valence-corrected chi connectivity index (χ4v) is 3.20. The molecule has 2 aromatic heterocycles. The van der Waals surface area contributed by atoms with Gasteiger partial charge in [-0.1, -0.05) is 13.8 Å². The Hall–Kier alpha value is -1.62. The highest BCUT2D eigenvalue weighted by Crippen LogP contribution is 2.30. The minimum Gasteiger partial charge on any atom is -0.361 e. The number of carbonyl (C=O) groups excluding carboxylic acids is 1. The van der Waals surface area contributed by atoms with E-state index >= 15 is 0 Å². The lowest BCUT2D eigenvalue weighted by molar-refractivity contribution is 0.101. The quantitative estimate of drug-likeness (QED) is 0.777. The molecule has 0 spiro atoms. The summed E-state index contributed by atoms with van der Waals surface area (Å²) in [6, 6.07) is 0. The van der Waals surface area contributed by atoms with Crippen LogP contribution in [0.15, 0.2) is 5.38 Å². The van der Waals surface area contributed by atoms with Gasteiger partial charge in [-0.15, -0.1) is 11.3 Å². The summed E-state index contributed by atoms with van der Waals surface area (Å²) in [4.78, 5) is 19.6. The van der Waals surface area contributed by atoms with Crippen molar-refractivity contribution in [3.63, 3.8) is 0 Å². The Morgan fingerprint density at radius 2 is 2.14 bits per heavy atom. The first-order valence-electron chi connectivity index (χ1n) is 7.30. The number of carbonyl (C=O) groups is 1. The van der Waals surface area contributed by atoms with Gasteiger partial charge in [-0.25, -0.2) is 4.98 Å². The van der Waals surface area contributed by atoms with Crippen LogP contribution in [0, 0.1) is 19.8 Å². The van der Waals surface area contributed by atoms with Gasteiger partial charge in [0, 0.05) is 23.2 Å². The second-order valence-corrected chi connectivity index (χ2v) is 6.69. The van der Waals surface area contributed by atoms with Crippen LogP contribution in [-0.4, -0.2) is 22.3 Å². The van der Waals surface area contributed by atoms with Gasteiger partial charge in [-0.3, -0.25) is 4.79 Å². The number of hydrogen-bond acceptors (Lipinski definition) is 4. The summed E-state index contributed by atoms with van der Waals surface area (Å²) in [6.45, 7) is 10.9. The van der Waals surface area contributed by atoms with Crippen LogP contribution in [0.4, 0.5) is 5.13 Å². The van der Waals surface area contributed by atoms with E-state index in [-0.39, 0.29) is 5.78 Å². The molecule has 0 bridgehead atoms. The fourth-order valence-electron chi connectivity index (χ4n) is 2.47. The standard InChI is InChI=1S/C16H23N3OS/c1-9(2)6-7-17-16-19-13(8-21-16)15-10(3)14(12(5)20)11(4)18-15/h8-9,18H,6-7H2,1-5H3,(H,17,19). The molecule has 114 valence electrons. The van der Waals surface area contributed by atoms with E-state index in [1.165, 1.54) is 0 Å². The van der Waals surface area contributed by atoms with Crippen molar-refractivity contribution in [1.29, 1.82) is 0 Å². The molecule has 2 N–H and O–H groups in total. The Bertz CT molecular complexity index is 640. The Morgan fingerprint density at radius 1 is 1.43 bits per heavy atom. The van der Waals surface area contributed by atoms with Crippen LogP contribution < -0.4 is 5.32 Å². The molecule has 0 atom stereocenters. The van der Waals surface area contributed by atoms with Crippen LogP contribution in [0.25, 0.3) is 11.4 Å². The molecule has 21 heavy (non-hydrogen) atoms. The average molecular weight is 305 g/mol. The van der Waals surface area contributed by atoms with E-state index in [1.54, 1.807) is 18.3 Å². The molecule has 2 heterocycles. The first-order valence-corrected chi connectivity index (χ1v) is 8.18. The first-order chi connectivity index (χ1) is 9.90. The van der Waals surface area contributed by atoms with E-state index in [1.807, 2.05) is 19.2 Å². The maximum Gasteiger partial charge on any atom is 0.183 e. The van der Waals surface area contributed by atoms with Gasteiger partial charge >= 0.3 is 0 Å². The number of ketones is 1. The van der Waals surface area contributed by atoms with Gasteiger partial charge in [-0.05, 0) is 38.7 Å². The highest BCUT2D eigenvalue weighted by molar-refractivity contribution is 7.14. The van der Waals surface area contributed by atoms with Crippen molar-refractivity contribution < 1.29 is 4.79 Å². The van der Waals surface area contributed by atoms with Crippen molar-refractivity contribution in [3.8, 4) is 11.4 Å². The summed E-state index contributed by atoms with van der Waals surface area (Å²) < 4.78 is 0. The van der Waals surface area contributed by atoms with Crippen LogP contribution in [-0.2, 0) is 0 Å². The lowest BCUT2D eigenvalue weighted by Crippen LogP contribution is -2.04. The highest BCUT2D eigenvalue weighted by Gasteiger charge is 2.17. The first kappa shape index (κ1) is 15.8. The molecule has 0 amide bonds. The molecule has 5 heteroatoms. The smallest absolute Gasteiger partial charge is 0.183 e. The van der Waals surface area contributed by atoms with E-state index < -0.39 is 0 Å². The summed E-state index contributed by atoms with van der Waals surface area (Å²) in [5, 5.41) is 6.32. The predicted octanol–water partition coefficient (Wildman–Crippen LogP) is 4.42. The van der Waals surface area contributed by atoms with Crippen LogP contribution in [0.2, 0.25) is 0 Å². The molecule has 2 rings (SSSR count). The lowest BCUT2D eigenvalue weighted by Gasteiger charge is -2.04. The van der Waals surface area contributed by atoms with E-state index in [9.17, 15) is 4.79 Å². The number of H-pyrrole nitrogens is 1. The normalized spacial score (nSPS) is 11.1. The number of aryl methyl sites for hydroxylation is 1. The number of anilines is 1. The predicted molar refractivity (Wildman–Crippen MR) is 89.3 cm³/mol. The Kier molecular flexibility index (Phi) is 4.83. The van der Waals surface area contributed by atoms with Crippen LogP contribution in [0.5, 0.6) is 0 Å². The van der Waals surface area contributed by atoms with Crippen molar-refractivity contribution >= 4 is 22.3 Å². The van der Waals surface area contributed by atoms with Gasteiger partial charge in [0.05, 0.1) is 5.69 Å². The maximum atomic E-state index is 11.7. The Labute approximate surface area is 130 Å². The maximum absolute atomic E-state index is 11.7. The third-order valence-electron chi connectivity index (χ3n) is 3.55. The largest absolute Gasteiger partial charge is 0.361 e. The molecular weight excluding hydrogens is 282 g/mol. The van der Waals surface area contributed by atoms with Gasteiger partial charge in [0.25, 0.3) is 0 Å². The molecule has 4 nitrogen and oxygen atoms in total. The van der Waals surface area contributed by atoms with E-state index in [0.717, 1.165) is 46.3 Å². The summed E-state index contributed by atoms with van der Waals surface area (Å²) in [7, 11) is 0. The van der Waals surface area contributed by atoms with Crippen LogP contribution in [0.1, 0.15) is 48.8 Å². The van der Waals surface area contributed by atoms with Crippen LogP contribution >= 0.6 is 11.3 Å². The van der Waals surface area contributed by atoms with Gasteiger partial charge in [0.15, 0.2) is 10.9 Å². The molecular formula is C16H23N3OS. The van der Waals surface area contributed by atoms with Crippen molar-refractivity contribution in [2.24, 2.45) is 5.92 Å². The van der Waals surface area contributed by atoms with Crippen molar-refractivity contribution in [2.75, 3.05) is 11.9 Å². The monoisotopic (exact) mass is 305 g/mol. The number of thiazole rings is 1. The van der Waals surface area contributed by atoms with Crippen molar-refractivity contribution in [3.05, 3.63) is 22.2 Å². The number of rotatable bonds is 6. The minimum atomic E-state index is 0.0954. The van der Waals surface area contributed by atoms with Crippen molar-refractivity contribution in [1.82, 2.24) is 9.97 Å². The van der Waals surface area contributed by atoms with Gasteiger partial charge in [0.1, 0.15) is 5.69 Å². The molecule has 0 fully saturated rings. The summed E-state index contributed by atoms with van der Waals surface area (Å²) in [6.07, 6.45) is 1.13. The van der Waals surface area contributed by atoms with Gasteiger partial charge < -0.3 is 10.3 Å². The summed E-state index contributed by atoms with van der Waals surface area (Å²) in [5.74, 6) is 0.779. The average Bonchev–Trinajstić information content (AvgIpc) is 2.93.